The Morgan fingerprint density at radius 1 is 1.35 bits per heavy atom. The Bertz CT molecular complexity index is 528. The summed E-state index contributed by atoms with van der Waals surface area (Å²) in [6.45, 7) is 5.16. The molecule has 2 N–H and O–H groups in total. The molecule has 0 unspecified atom stereocenters. The Balaban J connectivity index is 2.71. The molecule has 0 bridgehead atoms. The summed E-state index contributed by atoms with van der Waals surface area (Å²) in [5, 5.41) is 4.49. The van der Waals surface area contributed by atoms with E-state index in [1.54, 1.807) is 7.11 Å². The number of aromatic nitrogens is 1. The smallest absolute Gasteiger partial charge is 0.143 e. The minimum atomic E-state index is 0.861. The molecule has 1 aromatic carbocycles. The monoisotopic (exact) mass is 232 g/mol. The lowest BCUT2D eigenvalue weighted by atomic mass is 10.1. The van der Waals surface area contributed by atoms with Gasteiger partial charge >= 0.3 is 0 Å². The molecule has 1 aromatic heterocycles. The summed E-state index contributed by atoms with van der Waals surface area (Å²) >= 11 is 0. The lowest BCUT2D eigenvalue weighted by Gasteiger charge is -2.04. The largest absolute Gasteiger partial charge is 0.495 e. The zero-order valence-corrected chi connectivity index (χ0v) is 11.0. The first-order valence-corrected chi connectivity index (χ1v) is 6.03. The van der Waals surface area contributed by atoms with Crippen molar-refractivity contribution in [3.8, 4) is 5.75 Å². The van der Waals surface area contributed by atoms with Crippen LogP contribution in [0, 0.1) is 6.92 Å². The fourth-order valence-electron chi connectivity index (χ4n) is 2.40. The van der Waals surface area contributed by atoms with Crippen LogP contribution in [0.5, 0.6) is 5.75 Å². The topological polar surface area (TPSA) is 37.0 Å². The van der Waals surface area contributed by atoms with Crippen LogP contribution in [-0.4, -0.2) is 19.1 Å². The second-order valence-electron chi connectivity index (χ2n) is 4.36. The molecule has 0 aliphatic rings. The zero-order chi connectivity index (χ0) is 12.4. The molecule has 2 aromatic rings. The van der Waals surface area contributed by atoms with Gasteiger partial charge in [-0.3, -0.25) is 0 Å². The van der Waals surface area contributed by atoms with E-state index >= 15 is 0 Å². The number of rotatable bonds is 4. The number of H-pyrrole nitrogens is 1. The molecule has 0 aliphatic carbocycles. The SMILES string of the molecule is CCc1c(CNC)[nH]c2c(OC)cc(C)cc12. The molecule has 3 nitrogen and oxygen atoms in total. The molecule has 92 valence electrons. The van der Waals surface area contributed by atoms with Crippen LogP contribution in [0.4, 0.5) is 0 Å². The first-order valence-electron chi connectivity index (χ1n) is 6.03. The minimum absolute atomic E-state index is 0.861. The van der Waals surface area contributed by atoms with Gasteiger partial charge in [0.05, 0.1) is 12.6 Å². The van der Waals surface area contributed by atoms with E-state index < -0.39 is 0 Å². The summed E-state index contributed by atoms with van der Waals surface area (Å²) < 4.78 is 5.45. The Kier molecular flexibility index (Phi) is 3.38. The van der Waals surface area contributed by atoms with Crippen molar-refractivity contribution in [1.29, 1.82) is 0 Å². The molecular weight excluding hydrogens is 212 g/mol. The van der Waals surface area contributed by atoms with Gasteiger partial charge in [0.15, 0.2) is 0 Å². The van der Waals surface area contributed by atoms with Gasteiger partial charge < -0.3 is 15.0 Å². The number of hydrogen-bond acceptors (Lipinski definition) is 2. The van der Waals surface area contributed by atoms with Crippen LogP contribution in [-0.2, 0) is 13.0 Å². The highest BCUT2D eigenvalue weighted by Crippen LogP contribution is 2.31. The number of fused-ring (bicyclic) bond motifs is 1. The molecule has 2 rings (SSSR count). The van der Waals surface area contributed by atoms with E-state index in [0.717, 1.165) is 24.2 Å². The summed E-state index contributed by atoms with van der Waals surface area (Å²) in [4.78, 5) is 3.48. The summed E-state index contributed by atoms with van der Waals surface area (Å²) in [5.74, 6) is 0.928. The van der Waals surface area contributed by atoms with Crippen LogP contribution in [0.2, 0.25) is 0 Å². The van der Waals surface area contributed by atoms with Gasteiger partial charge in [-0.05, 0) is 43.7 Å². The predicted molar refractivity (Wildman–Crippen MR) is 71.7 cm³/mol. The Labute approximate surface area is 102 Å². The highest BCUT2D eigenvalue weighted by atomic mass is 16.5. The van der Waals surface area contributed by atoms with Gasteiger partial charge in [0.1, 0.15) is 5.75 Å². The normalized spacial score (nSPS) is 11.1. The standard InChI is InChI=1S/C14H20N2O/c1-5-10-11-6-9(2)7-13(17-4)14(11)16-12(10)8-15-3/h6-7,15-16H,5,8H2,1-4H3. The molecule has 0 radical (unpaired) electrons. The molecule has 0 aliphatic heterocycles. The van der Waals surface area contributed by atoms with E-state index in [1.165, 1.54) is 22.2 Å². The molecule has 0 spiro atoms. The van der Waals surface area contributed by atoms with E-state index in [9.17, 15) is 0 Å². The number of aromatic amines is 1. The predicted octanol–water partition coefficient (Wildman–Crippen LogP) is 2.77. The molecular formula is C14H20N2O. The molecule has 0 saturated carbocycles. The van der Waals surface area contributed by atoms with Gasteiger partial charge in [0.25, 0.3) is 0 Å². The van der Waals surface area contributed by atoms with Crippen LogP contribution in [0.25, 0.3) is 10.9 Å². The van der Waals surface area contributed by atoms with E-state index in [4.69, 9.17) is 4.74 Å². The summed E-state index contributed by atoms with van der Waals surface area (Å²) in [6.07, 6.45) is 1.03. The molecule has 17 heavy (non-hydrogen) atoms. The van der Waals surface area contributed by atoms with Crippen molar-refractivity contribution in [2.45, 2.75) is 26.8 Å². The fraction of sp³-hybridized carbons (Fsp3) is 0.429. The Morgan fingerprint density at radius 3 is 2.71 bits per heavy atom. The van der Waals surface area contributed by atoms with Crippen molar-refractivity contribution in [3.63, 3.8) is 0 Å². The van der Waals surface area contributed by atoms with Crippen molar-refractivity contribution < 1.29 is 4.74 Å². The van der Waals surface area contributed by atoms with Crippen molar-refractivity contribution in [3.05, 3.63) is 29.0 Å². The van der Waals surface area contributed by atoms with E-state index in [0.29, 0.717) is 0 Å². The van der Waals surface area contributed by atoms with Crippen molar-refractivity contribution in [1.82, 2.24) is 10.3 Å². The molecule has 3 heteroatoms. The van der Waals surface area contributed by atoms with Crippen molar-refractivity contribution >= 4 is 10.9 Å². The van der Waals surface area contributed by atoms with Crippen LogP contribution in [0.1, 0.15) is 23.7 Å². The average molecular weight is 232 g/mol. The van der Waals surface area contributed by atoms with Crippen LogP contribution >= 0.6 is 0 Å². The molecule has 0 amide bonds. The van der Waals surface area contributed by atoms with Crippen LogP contribution < -0.4 is 10.1 Å². The number of nitrogens with one attached hydrogen (secondary N) is 2. The van der Waals surface area contributed by atoms with Gasteiger partial charge in [-0.15, -0.1) is 0 Å². The van der Waals surface area contributed by atoms with E-state index in [1.807, 2.05) is 7.05 Å². The third-order valence-electron chi connectivity index (χ3n) is 3.14. The molecule has 1 heterocycles. The minimum Gasteiger partial charge on any atom is -0.495 e. The second kappa shape index (κ2) is 4.80. The van der Waals surface area contributed by atoms with Gasteiger partial charge in [0.2, 0.25) is 0 Å². The quantitative estimate of drug-likeness (QED) is 0.850. The number of methoxy groups -OCH3 is 1. The van der Waals surface area contributed by atoms with Crippen molar-refractivity contribution in [2.75, 3.05) is 14.2 Å². The van der Waals surface area contributed by atoms with Gasteiger partial charge in [-0.25, -0.2) is 0 Å². The van der Waals surface area contributed by atoms with Crippen LogP contribution in [0.3, 0.4) is 0 Å². The maximum absolute atomic E-state index is 5.45. The summed E-state index contributed by atoms with van der Waals surface area (Å²) in [7, 11) is 3.69. The fourth-order valence-corrected chi connectivity index (χ4v) is 2.40. The van der Waals surface area contributed by atoms with Gasteiger partial charge in [-0.2, -0.15) is 0 Å². The molecule has 0 saturated heterocycles. The third kappa shape index (κ3) is 2.03. The Morgan fingerprint density at radius 2 is 2.12 bits per heavy atom. The number of ether oxygens (including phenoxy) is 1. The molecule has 0 fully saturated rings. The maximum atomic E-state index is 5.45. The van der Waals surface area contributed by atoms with E-state index in [2.05, 4.69) is 36.3 Å². The first kappa shape index (κ1) is 12.0. The maximum Gasteiger partial charge on any atom is 0.143 e. The highest BCUT2D eigenvalue weighted by molar-refractivity contribution is 5.90. The van der Waals surface area contributed by atoms with Gasteiger partial charge in [-0.1, -0.05) is 6.92 Å². The third-order valence-corrected chi connectivity index (χ3v) is 3.14. The molecule has 0 atom stereocenters. The number of benzene rings is 1. The Hall–Kier alpha value is -1.48. The zero-order valence-electron chi connectivity index (χ0n) is 11.0. The second-order valence-corrected chi connectivity index (χ2v) is 4.36. The lowest BCUT2D eigenvalue weighted by molar-refractivity contribution is 0.418. The lowest BCUT2D eigenvalue weighted by Crippen LogP contribution is -2.07. The first-order chi connectivity index (χ1) is 8.21. The van der Waals surface area contributed by atoms with E-state index in [-0.39, 0.29) is 0 Å². The average Bonchev–Trinajstić information content (AvgIpc) is 2.66. The highest BCUT2D eigenvalue weighted by Gasteiger charge is 2.13. The van der Waals surface area contributed by atoms with Gasteiger partial charge in [0, 0.05) is 17.6 Å². The number of hydrogen-bond donors (Lipinski definition) is 2. The summed E-state index contributed by atoms with van der Waals surface area (Å²) in [5.41, 5.74) is 4.99. The van der Waals surface area contributed by atoms with Crippen molar-refractivity contribution in [2.24, 2.45) is 0 Å². The summed E-state index contributed by atoms with van der Waals surface area (Å²) in [6, 6.07) is 4.30. The van der Waals surface area contributed by atoms with Crippen LogP contribution in [0.15, 0.2) is 12.1 Å². The number of aryl methyl sites for hydroxylation is 2.